The molecule has 0 spiro atoms. The van der Waals surface area contributed by atoms with Crippen molar-refractivity contribution in [2.45, 2.75) is 13.0 Å². The van der Waals surface area contributed by atoms with Crippen LogP contribution in [0.2, 0.25) is 5.02 Å². The van der Waals surface area contributed by atoms with Crippen LogP contribution in [0.1, 0.15) is 11.1 Å². The topological polar surface area (TPSA) is 15.7 Å². The number of likely N-dealkylation sites (N-methyl/N-ethyl adjacent to an activating group) is 1. The second kappa shape index (κ2) is 8.85. The normalized spacial score (nSPS) is 12.9. The first-order valence-corrected chi connectivity index (χ1v) is 10.2. The zero-order valence-corrected chi connectivity index (χ0v) is 17.2. The number of anilines is 2. The van der Waals surface area contributed by atoms with Crippen LogP contribution in [0.4, 0.5) is 15.8 Å². The molecule has 0 amide bonds. The fourth-order valence-corrected chi connectivity index (χ4v) is 3.74. The lowest BCUT2D eigenvalue weighted by Gasteiger charge is -2.28. The molecule has 0 aliphatic carbocycles. The number of nitrogens with zero attached hydrogens (tertiary/aromatic N) is 2. The standard InChI is InChI=1S/C24H24ClFN2O/c1-27(13-12-18-6-8-20(25)9-7-18)14-15-28-22-11-10-21(26)16-19(22)17-29-24-5-3-2-4-23(24)28/h2-11,16H,12-15,17H2,1H3. The highest BCUT2D eigenvalue weighted by molar-refractivity contribution is 6.30. The van der Waals surface area contributed by atoms with Crippen LogP contribution in [-0.4, -0.2) is 31.6 Å². The third-order valence-corrected chi connectivity index (χ3v) is 5.52. The molecule has 1 aliphatic rings. The number of ether oxygens (including phenoxy) is 1. The van der Waals surface area contributed by atoms with Crippen molar-refractivity contribution < 1.29 is 9.13 Å². The summed E-state index contributed by atoms with van der Waals surface area (Å²) in [5, 5.41) is 0.763. The van der Waals surface area contributed by atoms with Gasteiger partial charge in [0.2, 0.25) is 0 Å². The van der Waals surface area contributed by atoms with Crippen molar-refractivity contribution in [1.29, 1.82) is 0 Å². The molecule has 0 saturated heterocycles. The number of halogens is 2. The lowest BCUT2D eigenvalue weighted by atomic mass is 10.1. The second-order valence-corrected chi connectivity index (χ2v) is 7.80. The highest BCUT2D eigenvalue weighted by Crippen LogP contribution is 2.39. The van der Waals surface area contributed by atoms with Gasteiger partial charge in [0.1, 0.15) is 18.2 Å². The molecule has 150 valence electrons. The average molecular weight is 411 g/mol. The Hall–Kier alpha value is -2.56. The summed E-state index contributed by atoms with van der Waals surface area (Å²) in [5.41, 5.74) is 4.16. The van der Waals surface area contributed by atoms with Crippen LogP contribution < -0.4 is 9.64 Å². The predicted molar refractivity (Wildman–Crippen MR) is 117 cm³/mol. The van der Waals surface area contributed by atoms with Gasteiger partial charge >= 0.3 is 0 Å². The third-order valence-electron chi connectivity index (χ3n) is 5.27. The first-order chi connectivity index (χ1) is 14.1. The Balaban J connectivity index is 1.48. The van der Waals surface area contributed by atoms with Gasteiger partial charge in [0.15, 0.2) is 0 Å². The van der Waals surface area contributed by atoms with E-state index in [4.69, 9.17) is 16.3 Å². The van der Waals surface area contributed by atoms with Crippen LogP contribution in [0.3, 0.4) is 0 Å². The summed E-state index contributed by atoms with van der Waals surface area (Å²) in [6, 6.07) is 20.9. The Morgan fingerprint density at radius 3 is 2.62 bits per heavy atom. The first-order valence-electron chi connectivity index (χ1n) is 9.81. The van der Waals surface area contributed by atoms with Crippen molar-refractivity contribution in [3.63, 3.8) is 0 Å². The van der Waals surface area contributed by atoms with E-state index in [9.17, 15) is 4.39 Å². The van der Waals surface area contributed by atoms with E-state index in [-0.39, 0.29) is 5.82 Å². The molecule has 0 unspecified atom stereocenters. The highest BCUT2D eigenvalue weighted by Gasteiger charge is 2.22. The van der Waals surface area contributed by atoms with Crippen molar-refractivity contribution in [3.8, 4) is 5.75 Å². The largest absolute Gasteiger partial charge is 0.487 e. The van der Waals surface area contributed by atoms with Crippen molar-refractivity contribution in [3.05, 3.63) is 88.7 Å². The van der Waals surface area contributed by atoms with Crippen LogP contribution in [0.5, 0.6) is 5.75 Å². The fraction of sp³-hybridized carbons (Fsp3) is 0.250. The minimum Gasteiger partial charge on any atom is -0.487 e. The van der Waals surface area contributed by atoms with Crippen LogP contribution in [0.25, 0.3) is 0 Å². The van der Waals surface area contributed by atoms with Crippen LogP contribution in [0.15, 0.2) is 66.7 Å². The lowest BCUT2D eigenvalue weighted by molar-refractivity contribution is 0.310. The van der Waals surface area contributed by atoms with E-state index < -0.39 is 0 Å². The van der Waals surface area contributed by atoms with Gasteiger partial charge in [-0.15, -0.1) is 0 Å². The summed E-state index contributed by atoms with van der Waals surface area (Å²) in [6.07, 6.45) is 0.967. The molecule has 5 heteroatoms. The molecule has 0 atom stereocenters. The van der Waals surface area contributed by atoms with E-state index in [0.29, 0.717) is 6.61 Å². The molecule has 1 heterocycles. The van der Waals surface area contributed by atoms with Crippen molar-refractivity contribution in [2.75, 3.05) is 31.6 Å². The Morgan fingerprint density at radius 2 is 1.79 bits per heavy atom. The monoisotopic (exact) mass is 410 g/mol. The number of rotatable bonds is 6. The van der Waals surface area contributed by atoms with Gasteiger partial charge in [-0.1, -0.05) is 35.9 Å². The average Bonchev–Trinajstić information content (AvgIpc) is 2.88. The van der Waals surface area contributed by atoms with Gasteiger partial charge in [0.05, 0.1) is 5.69 Å². The minimum absolute atomic E-state index is 0.238. The molecule has 3 nitrogen and oxygen atoms in total. The van der Waals surface area contributed by atoms with E-state index in [1.807, 2.05) is 36.4 Å². The van der Waals surface area contributed by atoms with Gasteiger partial charge in [-0.05, 0) is 61.5 Å². The molecule has 29 heavy (non-hydrogen) atoms. The van der Waals surface area contributed by atoms with Gasteiger partial charge in [0, 0.05) is 35.9 Å². The number of hydrogen-bond donors (Lipinski definition) is 0. The Kier molecular flexibility index (Phi) is 6.02. The molecular formula is C24H24ClFN2O. The van der Waals surface area contributed by atoms with Crippen molar-refractivity contribution in [2.24, 2.45) is 0 Å². The summed E-state index contributed by atoms with van der Waals surface area (Å²) in [6.45, 7) is 2.98. The number of hydrogen-bond acceptors (Lipinski definition) is 3. The summed E-state index contributed by atoms with van der Waals surface area (Å²) in [5.74, 6) is 0.589. The maximum Gasteiger partial charge on any atom is 0.143 e. The number of para-hydroxylation sites is 2. The Morgan fingerprint density at radius 1 is 1.00 bits per heavy atom. The molecule has 3 aromatic carbocycles. The molecule has 0 N–H and O–H groups in total. The van der Waals surface area contributed by atoms with Gasteiger partial charge in [0.25, 0.3) is 0 Å². The van der Waals surface area contributed by atoms with E-state index in [1.54, 1.807) is 6.07 Å². The van der Waals surface area contributed by atoms with Gasteiger partial charge in [-0.2, -0.15) is 0 Å². The molecule has 0 bridgehead atoms. The predicted octanol–water partition coefficient (Wildman–Crippen LogP) is 5.68. The van der Waals surface area contributed by atoms with Gasteiger partial charge < -0.3 is 14.5 Å². The minimum atomic E-state index is -0.238. The molecule has 0 radical (unpaired) electrons. The van der Waals surface area contributed by atoms with Gasteiger partial charge in [-0.3, -0.25) is 0 Å². The quantitative estimate of drug-likeness (QED) is 0.519. The van der Waals surface area contributed by atoms with E-state index in [2.05, 4.69) is 35.0 Å². The Bertz CT molecular complexity index is 977. The van der Waals surface area contributed by atoms with Gasteiger partial charge in [-0.25, -0.2) is 4.39 Å². The molecule has 0 aromatic heterocycles. The van der Waals surface area contributed by atoms with Crippen molar-refractivity contribution >= 4 is 23.0 Å². The Labute approximate surface area is 176 Å². The summed E-state index contributed by atoms with van der Waals surface area (Å²) in [7, 11) is 2.13. The molecule has 3 aromatic rings. The summed E-state index contributed by atoms with van der Waals surface area (Å²) < 4.78 is 19.7. The van der Waals surface area contributed by atoms with E-state index in [1.165, 1.54) is 11.6 Å². The molecule has 4 rings (SSSR count). The molecular weight excluding hydrogens is 387 g/mol. The van der Waals surface area contributed by atoms with Crippen molar-refractivity contribution in [1.82, 2.24) is 4.90 Å². The number of benzene rings is 3. The zero-order valence-electron chi connectivity index (χ0n) is 16.4. The van der Waals surface area contributed by atoms with E-state index in [0.717, 1.165) is 53.8 Å². The summed E-state index contributed by atoms with van der Waals surface area (Å²) in [4.78, 5) is 4.54. The van der Waals surface area contributed by atoms with Crippen LogP contribution >= 0.6 is 11.6 Å². The van der Waals surface area contributed by atoms with Crippen LogP contribution in [0, 0.1) is 5.82 Å². The fourth-order valence-electron chi connectivity index (χ4n) is 3.61. The zero-order chi connectivity index (χ0) is 20.2. The maximum atomic E-state index is 13.8. The molecule has 1 aliphatic heterocycles. The summed E-state index contributed by atoms with van der Waals surface area (Å²) >= 11 is 5.97. The third kappa shape index (κ3) is 4.72. The smallest absolute Gasteiger partial charge is 0.143 e. The molecule has 0 fully saturated rings. The highest BCUT2D eigenvalue weighted by atomic mass is 35.5. The lowest BCUT2D eigenvalue weighted by Crippen LogP contribution is -2.32. The van der Waals surface area contributed by atoms with Crippen LogP contribution in [-0.2, 0) is 13.0 Å². The van der Waals surface area contributed by atoms with E-state index >= 15 is 0 Å². The maximum absolute atomic E-state index is 13.8. The second-order valence-electron chi connectivity index (χ2n) is 7.36. The SMILES string of the molecule is CN(CCc1ccc(Cl)cc1)CCN1c2ccc(F)cc2COc2ccccc21. The first kappa shape index (κ1) is 19.7. The number of fused-ring (bicyclic) bond motifs is 2. The molecule has 0 saturated carbocycles.